The van der Waals surface area contributed by atoms with E-state index in [2.05, 4.69) is 14.7 Å². The molecule has 0 aromatic carbocycles. The number of nitrogens with zero attached hydrogens (tertiary/aromatic N) is 3. The van der Waals surface area contributed by atoms with Crippen LogP contribution in [0.3, 0.4) is 0 Å². The van der Waals surface area contributed by atoms with E-state index in [9.17, 15) is 12.8 Å². The predicted octanol–water partition coefficient (Wildman–Crippen LogP) is 2.32. The molecule has 0 fully saturated rings. The van der Waals surface area contributed by atoms with Gasteiger partial charge in [0.2, 0.25) is 0 Å². The summed E-state index contributed by atoms with van der Waals surface area (Å²) >= 11 is 5.91. The third-order valence-electron chi connectivity index (χ3n) is 2.67. The second-order valence-corrected chi connectivity index (χ2v) is 6.06. The summed E-state index contributed by atoms with van der Waals surface area (Å²) in [4.78, 5) is 7.61. The number of fused-ring (bicyclic) bond motifs is 1. The van der Waals surface area contributed by atoms with Crippen LogP contribution in [0.5, 0.6) is 0 Å². The van der Waals surface area contributed by atoms with E-state index in [4.69, 9.17) is 11.6 Å². The highest BCUT2D eigenvalue weighted by Gasteiger charge is 2.24. The number of rotatable bonds is 3. The van der Waals surface area contributed by atoms with Gasteiger partial charge in [-0.3, -0.25) is 9.12 Å². The number of hydrogen-bond acceptors (Lipinski definition) is 4. The van der Waals surface area contributed by atoms with Crippen LogP contribution in [0.4, 0.5) is 10.2 Å². The van der Waals surface area contributed by atoms with E-state index in [1.165, 1.54) is 16.7 Å². The van der Waals surface area contributed by atoms with Crippen molar-refractivity contribution in [3.63, 3.8) is 0 Å². The lowest BCUT2D eigenvalue weighted by Gasteiger charge is -2.07. The Kier molecular flexibility index (Phi) is 3.26. The number of sulfonamides is 1. The van der Waals surface area contributed by atoms with E-state index in [0.29, 0.717) is 5.65 Å². The Balaban J connectivity index is 2.08. The van der Waals surface area contributed by atoms with E-state index in [1.54, 1.807) is 18.2 Å². The maximum absolute atomic E-state index is 12.8. The fraction of sp³-hybridized carbons (Fsp3) is 0. The van der Waals surface area contributed by atoms with Gasteiger partial charge >= 0.3 is 0 Å². The minimum Gasteiger partial charge on any atom is -0.288 e. The van der Waals surface area contributed by atoms with Crippen LogP contribution in [0.25, 0.3) is 5.65 Å². The second-order valence-electron chi connectivity index (χ2n) is 4.10. The topological polar surface area (TPSA) is 76.4 Å². The minimum atomic E-state index is -4.01. The van der Waals surface area contributed by atoms with E-state index in [1.807, 2.05) is 0 Å². The van der Waals surface area contributed by atoms with Crippen LogP contribution in [0.2, 0.25) is 5.15 Å². The number of imidazole rings is 1. The molecule has 0 aliphatic heterocycles. The molecule has 0 bridgehead atoms. The number of nitrogens with one attached hydrogen (secondary N) is 1. The van der Waals surface area contributed by atoms with Gasteiger partial charge in [-0.1, -0.05) is 17.7 Å². The molecule has 9 heteroatoms. The summed E-state index contributed by atoms with van der Waals surface area (Å²) in [5.74, 6) is -0.580. The third kappa shape index (κ3) is 2.55. The SMILES string of the molecule is O=S(=O)(Nc1ccc(F)cn1)c1c(Cl)nc2ccccn12. The zero-order chi connectivity index (χ0) is 15.0. The zero-order valence-corrected chi connectivity index (χ0v) is 11.9. The molecule has 0 saturated heterocycles. The first kappa shape index (κ1) is 13.8. The van der Waals surface area contributed by atoms with Gasteiger partial charge in [0.15, 0.2) is 10.2 Å². The second kappa shape index (κ2) is 4.97. The van der Waals surface area contributed by atoms with Gasteiger partial charge in [-0.2, -0.15) is 8.42 Å². The molecule has 6 nitrogen and oxygen atoms in total. The largest absolute Gasteiger partial charge is 0.288 e. The molecular formula is C12H8ClFN4O2S. The molecule has 3 heterocycles. The fourth-order valence-electron chi connectivity index (χ4n) is 1.81. The van der Waals surface area contributed by atoms with Crippen molar-refractivity contribution >= 4 is 33.1 Å². The highest BCUT2D eigenvalue weighted by Crippen LogP contribution is 2.24. The lowest BCUT2D eigenvalue weighted by atomic mass is 10.5. The Labute approximate surface area is 124 Å². The standard InChI is InChI=1S/C12H8ClFN4O2S/c13-11-12(18-6-2-1-3-10(18)16-11)21(19,20)17-9-5-4-8(14)7-15-9/h1-7H,(H,15,17). The molecular weight excluding hydrogens is 319 g/mol. The van der Waals surface area contributed by atoms with E-state index in [-0.39, 0.29) is 16.0 Å². The predicted molar refractivity (Wildman–Crippen MR) is 75.2 cm³/mol. The Bertz CT molecular complexity index is 909. The molecule has 108 valence electrons. The van der Waals surface area contributed by atoms with E-state index in [0.717, 1.165) is 12.3 Å². The lowest BCUT2D eigenvalue weighted by molar-refractivity contribution is 0.596. The first-order valence-electron chi connectivity index (χ1n) is 5.74. The van der Waals surface area contributed by atoms with Crippen molar-refractivity contribution in [2.24, 2.45) is 0 Å². The summed E-state index contributed by atoms with van der Waals surface area (Å²) in [7, 11) is -4.01. The Morgan fingerprint density at radius 2 is 2.05 bits per heavy atom. The minimum absolute atomic E-state index is 0.0154. The molecule has 3 rings (SSSR count). The molecule has 0 atom stereocenters. The molecule has 21 heavy (non-hydrogen) atoms. The summed E-state index contributed by atoms with van der Waals surface area (Å²) in [6, 6.07) is 7.30. The van der Waals surface area contributed by atoms with Gasteiger partial charge in [-0.25, -0.2) is 14.4 Å². The Hall–Kier alpha value is -2.19. The highest BCUT2D eigenvalue weighted by molar-refractivity contribution is 7.92. The van der Waals surface area contributed by atoms with Crippen molar-refractivity contribution in [3.05, 3.63) is 53.7 Å². The molecule has 0 saturated carbocycles. The van der Waals surface area contributed by atoms with Crippen LogP contribution in [0.15, 0.2) is 47.8 Å². The molecule has 3 aromatic rings. The quantitative estimate of drug-likeness (QED) is 0.801. The summed E-state index contributed by atoms with van der Waals surface area (Å²) in [5, 5.41) is -0.360. The van der Waals surface area contributed by atoms with Gasteiger partial charge in [0, 0.05) is 6.20 Å². The van der Waals surface area contributed by atoms with Crippen molar-refractivity contribution in [1.82, 2.24) is 14.4 Å². The first-order valence-corrected chi connectivity index (χ1v) is 7.60. The lowest BCUT2D eigenvalue weighted by Crippen LogP contribution is -2.16. The number of anilines is 1. The van der Waals surface area contributed by atoms with E-state index >= 15 is 0 Å². The van der Waals surface area contributed by atoms with Gasteiger partial charge in [-0.15, -0.1) is 0 Å². The van der Waals surface area contributed by atoms with Crippen LogP contribution < -0.4 is 4.72 Å². The first-order chi connectivity index (χ1) is 9.97. The summed E-state index contributed by atoms with van der Waals surface area (Å²) < 4.78 is 41.1. The van der Waals surface area contributed by atoms with E-state index < -0.39 is 15.8 Å². The van der Waals surface area contributed by atoms with Crippen LogP contribution in [0.1, 0.15) is 0 Å². The Morgan fingerprint density at radius 3 is 2.76 bits per heavy atom. The van der Waals surface area contributed by atoms with Crippen LogP contribution in [-0.4, -0.2) is 22.8 Å². The number of pyridine rings is 2. The van der Waals surface area contributed by atoms with Gasteiger partial charge in [0.05, 0.1) is 6.20 Å². The molecule has 3 aromatic heterocycles. The monoisotopic (exact) mass is 326 g/mol. The highest BCUT2D eigenvalue weighted by atomic mass is 35.5. The average Bonchev–Trinajstić information content (AvgIpc) is 2.77. The summed E-state index contributed by atoms with van der Waals surface area (Å²) in [5.41, 5.74) is 0.398. The molecule has 0 radical (unpaired) electrons. The smallest absolute Gasteiger partial charge is 0.282 e. The van der Waals surface area contributed by atoms with Crippen molar-refractivity contribution in [3.8, 4) is 0 Å². The Morgan fingerprint density at radius 1 is 1.24 bits per heavy atom. The summed E-state index contributed by atoms with van der Waals surface area (Å²) in [6.45, 7) is 0. The molecule has 0 amide bonds. The van der Waals surface area contributed by atoms with Crippen molar-refractivity contribution in [2.75, 3.05) is 4.72 Å². The maximum Gasteiger partial charge on any atom is 0.282 e. The third-order valence-corrected chi connectivity index (χ3v) is 4.42. The normalized spacial score (nSPS) is 11.7. The van der Waals surface area contributed by atoms with Crippen LogP contribution in [-0.2, 0) is 10.0 Å². The molecule has 0 spiro atoms. The number of aromatic nitrogens is 3. The molecule has 1 N–H and O–H groups in total. The van der Waals surface area contributed by atoms with Crippen LogP contribution in [0, 0.1) is 5.82 Å². The number of halogens is 2. The molecule has 0 aliphatic rings. The zero-order valence-electron chi connectivity index (χ0n) is 10.4. The van der Waals surface area contributed by atoms with Gasteiger partial charge < -0.3 is 0 Å². The average molecular weight is 327 g/mol. The van der Waals surface area contributed by atoms with Gasteiger partial charge in [0.25, 0.3) is 10.0 Å². The molecule has 0 aliphatic carbocycles. The van der Waals surface area contributed by atoms with Crippen molar-refractivity contribution in [1.29, 1.82) is 0 Å². The van der Waals surface area contributed by atoms with Crippen molar-refractivity contribution in [2.45, 2.75) is 5.03 Å². The van der Waals surface area contributed by atoms with Gasteiger partial charge in [0.1, 0.15) is 17.3 Å². The molecule has 0 unspecified atom stereocenters. The van der Waals surface area contributed by atoms with Crippen molar-refractivity contribution < 1.29 is 12.8 Å². The maximum atomic E-state index is 12.8. The van der Waals surface area contributed by atoms with Crippen LogP contribution >= 0.6 is 11.6 Å². The summed E-state index contributed by atoms with van der Waals surface area (Å²) in [6.07, 6.45) is 2.44. The fourth-order valence-corrected chi connectivity index (χ4v) is 3.46. The van der Waals surface area contributed by atoms with Gasteiger partial charge in [-0.05, 0) is 24.3 Å². The number of hydrogen-bond donors (Lipinski definition) is 1.